The Bertz CT molecular complexity index is 1280. The maximum Gasteiger partial charge on any atom is 0.387 e. The average molecular weight is 527 g/mol. The number of aromatic nitrogens is 3. The number of anilines is 1. The lowest BCUT2D eigenvalue weighted by Gasteiger charge is -2.39. The van der Waals surface area contributed by atoms with Gasteiger partial charge in [-0.25, -0.2) is 4.79 Å². The minimum absolute atomic E-state index is 0.0217. The van der Waals surface area contributed by atoms with Gasteiger partial charge in [0.25, 0.3) is 0 Å². The summed E-state index contributed by atoms with van der Waals surface area (Å²) in [5.74, 6) is 1.35. The predicted molar refractivity (Wildman–Crippen MR) is 131 cm³/mol. The largest absolute Gasteiger partial charge is 0.464 e. The molecular formula is C27H28F2N4O5. The van der Waals surface area contributed by atoms with Crippen molar-refractivity contribution in [2.24, 2.45) is 0 Å². The van der Waals surface area contributed by atoms with E-state index in [1.165, 1.54) is 13.2 Å². The minimum Gasteiger partial charge on any atom is -0.464 e. The fourth-order valence-corrected chi connectivity index (χ4v) is 5.72. The number of carbonyl (C=O) groups is 1. The van der Waals surface area contributed by atoms with E-state index in [1.54, 1.807) is 24.3 Å². The van der Waals surface area contributed by atoms with E-state index >= 15 is 0 Å². The van der Waals surface area contributed by atoms with Crippen LogP contribution in [0.4, 0.5) is 14.6 Å². The Balaban J connectivity index is 1.17. The van der Waals surface area contributed by atoms with Crippen LogP contribution in [0.3, 0.4) is 0 Å². The second-order valence-electron chi connectivity index (χ2n) is 9.99. The molecule has 11 heteroatoms. The van der Waals surface area contributed by atoms with E-state index in [9.17, 15) is 13.6 Å². The van der Waals surface area contributed by atoms with E-state index < -0.39 is 12.6 Å². The van der Waals surface area contributed by atoms with Crippen LogP contribution in [0.25, 0.3) is 11.3 Å². The van der Waals surface area contributed by atoms with Crippen molar-refractivity contribution < 1.29 is 32.3 Å². The third-order valence-electron chi connectivity index (χ3n) is 7.59. The summed E-state index contributed by atoms with van der Waals surface area (Å²) in [6.45, 7) is -2.65. The highest BCUT2D eigenvalue weighted by Gasteiger charge is 2.42. The molecule has 3 aromatic rings. The smallest absolute Gasteiger partial charge is 0.387 e. The number of halogens is 2. The van der Waals surface area contributed by atoms with Gasteiger partial charge >= 0.3 is 12.6 Å². The summed E-state index contributed by atoms with van der Waals surface area (Å²) in [6, 6.07) is 10.6. The molecule has 3 aliphatic rings. The van der Waals surface area contributed by atoms with Crippen molar-refractivity contribution in [2.45, 2.75) is 75.8 Å². The molecule has 0 N–H and O–H groups in total. The van der Waals surface area contributed by atoms with Crippen molar-refractivity contribution in [2.75, 3.05) is 12.0 Å². The van der Waals surface area contributed by atoms with Crippen LogP contribution >= 0.6 is 0 Å². The second kappa shape index (κ2) is 10.3. The number of benzene rings is 1. The van der Waals surface area contributed by atoms with Crippen molar-refractivity contribution in [3.8, 4) is 17.0 Å². The fraction of sp³-hybridized carbons (Fsp3) is 0.481. The Kier molecular flexibility index (Phi) is 6.69. The first-order valence-corrected chi connectivity index (χ1v) is 12.9. The van der Waals surface area contributed by atoms with E-state index in [2.05, 4.69) is 20.3 Å². The molecule has 9 nitrogen and oxygen atoms in total. The molecule has 2 aromatic heterocycles. The van der Waals surface area contributed by atoms with Crippen LogP contribution in [0.2, 0.25) is 0 Å². The second-order valence-corrected chi connectivity index (χ2v) is 9.99. The Morgan fingerprint density at radius 3 is 2.50 bits per heavy atom. The quantitative estimate of drug-likeness (QED) is 0.352. The SMILES string of the molecule is COC(=O)c1ccc(N2[C@@H]3CC[C@H]2CC(OCc2c(-c4ccccc4OC(F)F)noc2C2CC2)C3)nn1. The summed E-state index contributed by atoms with van der Waals surface area (Å²) < 4.78 is 47.7. The van der Waals surface area contributed by atoms with E-state index in [0.29, 0.717) is 11.3 Å². The van der Waals surface area contributed by atoms with Gasteiger partial charge in [-0.15, -0.1) is 10.2 Å². The lowest BCUT2D eigenvalue weighted by atomic mass is 9.99. The van der Waals surface area contributed by atoms with Crippen LogP contribution in [0.5, 0.6) is 5.75 Å². The van der Waals surface area contributed by atoms with Gasteiger partial charge in [0.15, 0.2) is 11.5 Å². The van der Waals surface area contributed by atoms with E-state index in [-0.39, 0.29) is 42.2 Å². The van der Waals surface area contributed by atoms with Crippen LogP contribution in [0.1, 0.15) is 66.3 Å². The van der Waals surface area contributed by atoms with Gasteiger partial charge in [0.05, 0.1) is 19.8 Å². The van der Waals surface area contributed by atoms with E-state index in [4.69, 9.17) is 18.7 Å². The Labute approximate surface area is 218 Å². The highest BCUT2D eigenvalue weighted by molar-refractivity contribution is 5.87. The molecule has 1 aliphatic carbocycles. The zero-order chi connectivity index (χ0) is 26.2. The number of piperidine rings is 1. The first kappa shape index (κ1) is 24.7. The molecule has 2 bridgehead atoms. The summed E-state index contributed by atoms with van der Waals surface area (Å²) >= 11 is 0. The number of hydrogen-bond acceptors (Lipinski definition) is 9. The number of rotatable bonds is 9. The Morgan fingerprint density at radius 1 is 1.08 bits per heavy atom. The first-order chi connectivity index (χ1) is 18.5. The van der Waals surface area contributed by atoms with Crippen LogP contribution in [-0.4, -0.2) is 53.2 Å². The number of nitrogens with zero attached hydrogens (tertiary/aromatic N) is 4. The van der Waals surface area contributed by atoms with E-state index in [1.807, 2.05) is 6.07 Å². The molecule has 1 aromatic carbocycles. The summed E-state index contributed by atoms with van der Waals surface area (Å²) in [5, 5.41) is 12.6. The maximum atomic E-state index is 13.0. The van der Waals surface area contributed by atoms with Gasteiger partial charge < -0.3 is 23.6 Å². The summed E-state index contributed by atoms with van der Waals surface area (Å²) in [4.78, 5) is 14.0. The molecule has 6 rings (SSSR count). The van der Waals surface area contributed by atoms with Gasteiger partial charge in [0.1, 0.15) is 17.2 Å². The maximum absolute atomic E-state index is 13.0. The van der Waals surface area contributed by atoms with Crippen molar-refractivity contribution in [3.05, 3.63) is 53.4 Å². The summed E-state index contributed by atoms with van der Waals surface area (Å²) in [7, 11) is 1.31. The lowest BCUT2D eigenvalue weighted by Crippen LogP contribution is -2.46. The van der Waals surface area contributed by atoms with Gasteiger partial charge in [-0.05, 0) is 62.8 Å². The van der Waals surface area contributed by atoms with Gasteiger partial charge in [0, 0.05) is 29.1 Å². The highest BCUT2D eigenvalue weighted by atomic mass is 19.3. The molecule has 3 atom stereocenters. The molecule has 0 spiro atoms. The zero-order valence-corrected chi connectivity index (χ0v) is 20.9. The van der Waals surface area contributed by atoms with Crippen LogP contribution < -0.4 is 9.64 Å². The van der Waals surface area contributed by atoms with Gasteiger partial charge in [-0.3, -0.25) is 0 Å². The van der Waals surface area contributed by atoms with Crippen LogP contribution in [0, 0.1) is 0 Å². The number of methoxy groups -OCH3 is 1. The van der Waals surface area contributed by atoms with Crippen LogP contribution in [0.15, 0.2) is 40.9 Å². The van der Waals surface area contributed by atoms with E-state index in [0.717, 1.165) is 55.7 Å². The molecule has 2 saturated heterocycles. The van der Waals surface area contributed by atoms with Gasteiger partial charge in [0.2, 0.25) is 0 Å². The molecule has 2 aliphatic heterocycles. The molecular weight excluding hydrogens is 498 g/mol. The monoisotopic (exact) mass is 526 g/mol. The van der Waals surface area contributed by atoms with Gasteiger partial charge in [-0.2, -0.15) is 8.78 Å². The van der Waals surface area contributed by atoms with Crippen molar-refractivity contribution in [1.29, 1.82) is 0 Å². The minimum atomic E-state index is -2.94. The Morgan fingerprint density at radius 2 is 1.84 bits per heavy atom. The fourth-order valence-electron chi connectivity index (χ4n) is 5.72. The van der Waals surface area contributed by atoms with Crippen molar-refractivity contribution in [3.63, 3.8) is 0 Å². The lowest BCUT2D eigenvalue weighted by molar-refractivity contribution is -0.0494. The zero-order valence-electron chi connectivity index (χ0n) is 20.9. The molecule has 0 radical (unpaired) electrons. The number of alkyl halides is 2. The molecule has 0 amide bonds. The Hall–Kier alpha value is -3.60. The highest BCUT2D eigenvalue weighted by Crippen LogP contribution is 2.46. The van der Waals surface area contributed by atoms with Crippen molar-refractivity contribution in [1.82, 2.24) is 15.4 Å². The summed E-state index contributed by atoms with van der Waals surface area (Å²) in [6.07, 6.45) is 5.73. The number of ether oxygens (including phenoxy) is 3. The van der Waals surface area contributed by atoms with Crippen molar-refractivity contribution >= 4 is 11.8 Å². The molecule has 3 fully saturated rings. The first-order valence-electron chi connectivity index (χ1n) is 12.9. The van der Waals surface area contributed by atoms with Crippen LogP contribution in [-0.2, 0) is 16.1 Å². The number of para-hydroxylation sites is 1. The molecule has 4 heterocycles. The third kappa shape index (κ3) is 4.82. The third-order valence-corrected chi connectivity index (χ3v) is 7.59. The molecule has 1 saturated carbocycles. The summed E-state index contributed by atoms with van der Waals surface area (Å²) in [5.41, 5.74) is 1.94. The molecule has 1 unspecified atom stereocenters. The standard InChI is InChI=1S/C27H28F2N4O5/c1-35-26(34)21-10-11-23(31-30-21)33-16-8-9-17(33)13-18(12-16)36-14-20-24(32-38-25(20)15-6-7-15)19-4-2-3-5-22(19)37-27(28)29/h2-5,10-11,15-18,27H,6-9,12-14H2,1H3/t16-,17+,18?. The number of carbonyl (C=O) groups excluding carboxylic acids is 1. The number of hydrogen-bond donors (Lipinski definition) is 0. The van der Waals surface area contributed by atoms with Gasteiger partial charge in [-0.1, -0.05) is 17.3 Å². The topological polar surface area (TPSA) is 99.8 Å². The predicted octanol–water partition coefficient (Wildman–Crippen LogP) is 5.11. The average Bonchev–Trinajstić information content (AvgIpc) is 3.63. The number of esters is 1. The normalized spacial score (nSPS) is 22.6. The molecule has 200 valence electrons. The number of fused-ring (bicyclic) bond motifs is 2. The molecule has 38 heavy (non-hydrogen) atoms.